The fourth-order valence-corrected chi connectivity index (χ4v) is 2.21. The summed E-state index contributed by atoms with van der Waals surface area (Å²) in [6.07, 6.45) is 1.59. The summed E-state index contributed by atoms with van der Waals surface area (Å²) in [7, 11) is 5.32. The van der Waals surface area contributed by atoms with Crippen LogP contribution in [0.15, 0.2) is 36.5 Å². The van der Waals surface area contributed by atoms with Crippen LogP contribution in [0.2, 0.25) is 0 Å². The molecule has 124 valence electrons. The number of carbonyl (C=O) groups excluding carboxylic acids is 2. The molecule has 1 heterocycles. The van der Waals surface area contributed by atoms with Gasteiger partial charge in [-0.3, -0.25) is 9.59 Å². The average Bonchev–Trinajstić information content (AvgIpc) is 2.88. The van der Waals surface area contributed by atoms with Gasteiger partial charge in [-0.25, -0.2) is 0 Å². The van der Waals surface area contributed by atoms with Crippen molar-refractivity contribution in [3.63, 3.8) is 0 Å². The molecule has 0 fully saturated rings. The Morgan fingerprint density at radius 2 is 1.88 bits per heavy atom. The minimum atomic E-state index is -0.323. The van der Waals surface area contributed by atoms with E-state index in [0.717, 1.165) is 0 Å². The van der Waals surface area contributed by atoms with Gasteiger partial charge in [0.1, 0.15) is 11.8 Å². The largest absolute Gasteiger partial charge is 0.345 e. The van der Waals surface area contributed by atoms with Gasteiger partial charge in [-0.15, -0.1) is 0 Å². The Morgan fingerprint density at radius 1 is 1.21 bits per heavy atom. The number of nitrogens with one attached hydrogen (secondary N) is 2. The zero-order valence-corrected chi connectivity index (χ0v) is 13.8. The number of nitrogens with zero attached hydrogens (tertiary/aromatic N) is 3. The molecule has 0 spiro atoms. The monoisotopic (exact) mass is 325 g/mol. The van der Waals surface area contributed by atoms with Gasteiger partial charge >= 0.3 is 0 Å². The maximum atomic E-state index is 12.3. The molecule has 24 heavy (non-hydrogen) atoms. The Labute approximate surface area is 140 Å². The second kappa shape index (κ2) is 7.44. The van der Waals surface area contributed by atoms with E-state index in [-0.39, 0.29) is 18.4 Å². The first-order valence-corrected chi connectivity index (χ1v) is 7.31. The molecular formula is C17H19N5O2. The summed E-state index contributed by atoms with van der Waals surface area (Å²) in [6, 6.07) is 10.4. The number of rotatable bonds is 5. The maximum absolute atomic E-state index is 12.3. The zero-order valence-electron chi connectivity index (χ0n) is 13.8. The number of benzene rings is 1. The fraction of sp³-hybridized carbons (Fsp3) is 0.235. The molecule has 1 aromatic carbocycles. The summed E-state index contributed by atoms with van der Waals surface area (Å²) in [5.41, 5.74) is 1.97. The summed E-state index contributed by atoms with van der Waals surface area (Å²) in [4.78, 5) is 25.9. The van der Waals surface area contributed by atoms with Crippen LogP contribution in [0.5, 0.6) is 0 Å². The minimum Gasteiger partial charge on any atom is -0.345 e. The second-order valence-corrected chi connectivity index (χ2v) is 5.66. The van der Waals surface area contributed by atoms with E-state index in [1.807, 2.05) is 20.2 Å². The predicted octanol–water partition coefficient (Wildman–Crippen LogP) is 1.65. The van der Waals surface area contributed by atoms with E-state index in [0.29, 0.717) is 22.6 Å². The maximum Gasteiger partial charge on any atom is 0.272 e. The van der Waals surface area contributed by atoms with Gasteiger partial charge in [0.05, 0.1) is 12.1 Å². The predicted molar refractivity (Wildman–Crippen MR) is 91.7 cm³/mol. The first kappa shape index (κ1) is 17.2. The van der Waals surface area contributed by atoms with E-state index in [2.05, 4.69) is 10.6 Å². The lowest BCUT2D eigenvalue weighted by Gasteiger charge is -2.11. The summed E-state index contributed by atoms with van der Waals surface area (Å²) in [5.74, 6) is -0.458. The third-order valence-electron chi connectivity index (χ3n) is 3.23. The molecule has 2 aromatic rings. The molecule has 0 atom stereocenters. The molecule has 2 N–H and O–H groups in total. The van der Waals surface area contributed by atoms with Crippen LogP contribution in [-0.4, -0.2) is 41.9 Å². The standard InChI is InChI=1S/C17H19N5O2/c1-21(2)11-16(23)19-13-5-4-6-14(8-13)20-17(24)15-7-12(9-18)10-22(15)3/h4-8,10H,11H2,1-3H3,(H,19,23)(H,20,24). The molecule has 0 saturated carbocycles. The molecule has 2 amide bonds. The number of aryl methyl sites for hydroxylation is 1. The number of aromatic nitrogens is 1. The van der Waals surface area contributed by atoms with Gasteiger partial charge in [0.25, 0.3) is 5.91 Å². The molecule has 0 aliphatic carbocycles. The van der Waals surface area contributed by atoms with Gasteiger partial charge in [-0.1, -0.05) is 6.07 Å². The Bertz CT molecular complexity index is 802. The van der Waals surface area contributed by atoms with E-state index < -0.39 is 0 Å². The summed E-state index contributed by atoms with van der Waals surface area (Å²) >= 11 is 0. The second-order valence-electron chi connectivity index (χ2n) is 5.66. The molecule has 0 radical (unpaired) electrons. The van der Waals surface area contributed by atoms with E-state index in [9.17, 15) is 9.59 Å². The first-order valence-electron chi connectivity index (χ1n) is 7.31. The van der Waals surface area contributed by atoms with Crippen molar-refractivity contribution in [1.82, 2.24) is 9.47 Å². The molecular weight excluding hydrogens is 306 g/mol. The van der Waals surface area contributed by atoms with E-state index in [4.69, 9.17) is 5.26 Å². The van der Waals surface area contributed by atoms with Crippen LogP contribution >= 0.6 is 0 Å². The quantitative estimate of drug-likeness (QED) is 0.874. The molecule has 7 nitrogen and oxygen atoms in total. The third-order valence-corrected chi connectivity index (χ3v) is 3.23. The lowest BCUT2D eigenvalue weighted by atomic mass is 10.2. The zero-order chi connectivity index (χ0) is 17.7. The van der Waals surface area contributed by atoms with Crippen LogP contribution in [0, 0.1) is 11.3 Å². The summed E-state index contributed by atoms with van der Waals surface area (Å²) in [6.45, 7) is 0.275. The highest BCUT2D eigenvalue weighted by Crippen LogP contribution is 2.17. The van der Waals surface area contributed by atoms with Crippen LogP contribution in [-0.2, 0) is 11.8 Å². The van der Waals surface area contributed by atoms with Crippen molar-refractivity contribution in [2.45, 2.75) is 0 Å². The van der Waals surface area contributed by atoms with Crippen molar-refractivity contribution >= 4 is 23.2 Å². The van der Waals surface area contributed by atoms with Crippen LogP contribution < -0.4 is 10.6 Å². The van der Waals surface area contributed by atoms with Crippen LogP contribution in [0.4, 0.5) is 11.4 Å². The molecule has 0 aliphatic rings. The Kier molecular flexibility index (Phi) is 5.35. The molecule has 2 rings (SSSR count). The number of nitriles is 1. The van der Waals surface area contributed by atoms with Crippen molar-refractivity contribution in [1.29, 1.82) is 5.26 Å². The highest BCUT2D eigenvalue weighted by atomic mass is 16.2. The Balaban J connectivity index is 2.09. The van der Waals surface area contributed by atoms with Crippen LogP contribution in [0.1, 0.15) is 16.1 Å². The number of likely N-dealkylation sites (N-methyl/N-ethyl adjacent to an activating group) is 1. The number of carbonyl (C=O) groups is 2. The third kappa shape index (κ3) is 4.44. The smallest absolute Gasteiger partial charge is 0.272 e. The van der Waals surface area contributed by atoms with Gasteiger partial charge in [-0.2, -0.15) is 5.26 Å². The molecule has 7 heteroatoms. The average molecular weight is 325 g/mol. The lowest BCUT2D eigenvalue weighted by molar-refractivity contribution is -0.116. The topological polar surface area (TPSA) is 90.2 Å². The lowest BCUT2D eigenvalue weighted by Crippen LogP contribution is -2.27. The fourth-order valence-electron chi connectivity index (χ4n) is 2.21. The van der Waals surface area contributed by atoms with Crippen LogP contribution in [0.25, 0.3) is 0 Å². The van der Waals surface area contributed by atoms with Gasteiger partial charge < -0.3 is 20.1 Å². The summed E-state index contributed by atoms with van der Waals surface area (Å²) < 4.78 is 1.59. The van der Waals surface area contributed by atoms with Crippen LogP contribution in [0.3, 0.4) is 0 Å². The van der Waals surface area contributed by atoms with E-state index >= 15 is 0 Å². The normalized spacial score (nSPS) is 10.3. The molecule has 0 saturated heterocycles. The number of hydrogen-bond acceptors (Lipinski definition) is 4. The SMILES string of the molecule is CN(C)CC(=O)Nc1cccc(NC(=O)c2cc(C#N)cn2C)c1. The van der Waals surface area contributed by atoms with Crippen molar-refractivity contribution < 1.29 is 9.59 Å². The Hall–Kier alpha value is -3.11. The van der Waals surface area contributed by atoms with Crippen molar-refractivity contribution in [3.05, 3.63) is 47.8 Å². The van der Waals surface area contributed by atoms with Gasteiger partial charge in [-0.05, 0) is 38.4 Å². The van der Waals surface area contributed by atoms with E-state index in [1.165, 1.54) is 6.07 Å². The highest BCUT2D eigenvalue weighted by Gasteiger charge is 2.12. The van der Waals surface area contributed by atoms with Gasteiger partial charge in [0.15, 0.2) is 0 Å². The Morgan fingerprint density at radius 3 is 2.46 bits per heavy atom. The highest BCUT2D eigenvalue weighted by molar-refractivity contribution is 6.04. The molecule has 0 bridgehead atoms. The van der Waals surface area contributed by atoms with Gasteiger partial charge in [0, 0.05) is 24.6 Å². The molecule has 0 unspecified atom stereocenters. The number of hydrogen-bond donors (Lipinski definition) is 2. The van der Waals surface area contributed by atoms with E-state index in [1.54, 1.807) is 47.0 Å². The van der Waals surface area contributed by atoms with Crippen molar-refractivity contribution in [3.8, 4) is 6.07 Å². The number of anilines is 2. The summed E-state index contributed by atoms with van der Waals surface area (Å²) in [5, 5.41) is 14.4. The first-order chi connectivity index (χ1) is 11.4. The molecule has 0 aliphatic heterocycles. The minimum absolute atomic E-state index is 0.135. The number of amides is 2. The van der Waals surface area contributed by atoms with Crippen molar-refractivity contribution in [2.75, 3.05) is 31.3 Å². The molecule has 1 aromatic heterocycles. The van der Waals surface area contributed by atoms with Gasteiger partial charge in [0.2, 0.25) is 5.91 Å². The van der Waals surface area contributed by atoms with Crippen molar-refractivity contribution in [2.24, 2.45) is 7.05 Å².